The predicted molar refractivity (Wildman–Crippen MR) is 106 cm³/mol. The highest BCUT2D eigenvalue weighted by molar-refractivity contribution is 7.10. The summed E-state index contributed by atoms with van der Waals surface area (Å²) in [5.74, 6) is -0.549. The van der Waals surface area contributed by atoms with Gasteiger partial charge in [-0.3, -0.25) is 9.32 Å². The fourth-order valence-corrected chi connectivity index (χ4v) is 3.97. The molecule has 0 saturated carbocycles. The fourth-order valence-electron chi connectivity index (χ4n) is 2.95. The summed E-state index contributed by atoms with van der Waals surface area (Å²) in [5.41, 5.74) is 1.55. The molecule has 1 amide bonds. The first-order valence-corrected chi connectivity index (χ1v) is 9.60. The number of nitrogens with zero attached hydrogens (tertiary/aromatic N) is 2. The molecule has 1 atom stereocenters. The SMILES string of the molecule is Cc1ccccc1-c1noc(=O)n1CC(=O)NC(c1cccs1)C(C)(C)C. The van der Waals surface area contributed by atoms with E-state index in [9.17, 15) is 9.59 Å². The lowest BCUT2D eigenvalue weighted by molar-refractivity contribution is -0.123. The summed E-state index contributed by atoms with van der Waals surface area (Å²) >= 11 is 1.60. The van der Waals surface area contributed by atoms with E-state index in [0.717, 1.165) is 16.0 Å². The van der Waals surface area contributed by atoms with Gasteiger partial charge in [-0.15, -0.1) is 11.3 Å². The van der Waals surface area contributed by atoms with Crippen molar-refractivity contribution in [2.75, 3.05) is 0 Å². The minimum Gasteiger partial charge on any atom is -0.346 e. The Bertz CT molecular complexity index is 981. The quantitative estimate of drug-likeness (QED) is 0.725. The number of nitrogens with one attached hydrogen (secondary N) is 1. The normalized spacial score (nSPS) is 12.7. The van der Waals surface area contributed by atoms with Gasteiger partial charge in [-0.2, -0.15) is 0 Å². The van der Waals surface area contributed by atoms with Crippen molar-refractivity contribution in [1.29, 1.82) is 0 Å². The van der Waals surface area contributed by atoms with Crippen LogP contribution in [0, 0.1) is 12.3 Å². The van der Waals surface area contributed by atoms with Gasteiger partial charge < -0.3 is 5.32 Å². The third-order valence-corrected chi connectivity index (χ3v) is 5.31. The third kappa shape index (κ3) is 4.19. The maximum absolute atomic E-state index is 12.7. The van der Waals surface area contributed by atoms with Crippen LogP contribution < -0.4 is 11.1 Å². The Morgan fingerprint density at radius 3 is 2.63 bits per heavy atom. The van der Waals surface area contributed by atoms with E-state index < -0.39 is 5.76 Å². The number of carbonyl (C=O) groups excluding carboxylic acids is 1. The summed E-state index contributed by atoms with van der Waals surface area (Å²) in [6.07, 6.45) is 0. The molecule has 27 heavy (non-hydrogen) atoms. The van der Waals surface area contributed by atoms with Crippen LogP contribution in [0.2, 0.25) is 0 Å². The maximum Gasteiger partial charge on any atom is 0.442 e. The molecule has 0 aliphatic carbocycles. The van der Waals surface area contributed by atoms with Gasteiger partial charge in [-0.1, -0.05) is 56.3 Å². The lowest BCUT2D eigenvalue weighted by Crippen LogP contribution is -2.39. The van der Waals surface area contributed by atoms with Gasteiger partial charge in [0.25, 0.3) is 0 Å². The molecule has 0 saturated heterocycles. The molecule has 0 aliphatic rings. The predicted octanol–water partition coefficient (Wildman–Crippen LogP) is 3.78. The van der Waals surface area contributed by atoms with Gasteiger partial charge in [0, 0.05) is 10.4 Å². The van der Waals surface area contributed by atoms with E-state index in [2.05, 4.69) is 31.2 Å². The Morgan fingerprint density at radius 2 is 2.00 bits per heavy atom. The lowest BCUT2D eigenvalue weighted by Gasteiger charge is -2.30. The monoisotopic (exact) mass is 385 g/mol. The molecule has 0 spiro atoms. The smallest absolute Gasteiger partial charge is 0.346 e. The summed E-state index contributed by atoms with van der Waals surface area (Å²) in [6.45, 7) is 7.99. The Kier molecular flexibility index (Phi) is 5.32. The Hall–Kier alpha value is -2.67. The highest BCUT2D eigenvalue weighted by Crippen LogP contribution is 2.35. The molecule has 0 radical (unpaired) electrons. The molecule has 3 aromatic rings. The average Bonchev–Trinajstić information content (AvgIpc) is 3.23. The molecular weight excluding hydrogens is 362 g/mol. The van der Waals surface area contributed by atoms with Crippen molar-refractivity contribution >= 4 is 17.2 Å². The number of hydrogen-bond donors (Lipinski definition) is 1. The summed E-state index contributed by atoms with van der Waals surface area (Å²) in [6, 6.07) is 11.4. The topological polar surface area (TPSA) is 77.1 Å². The van der Waals surface area contributed by atoms with Crippen LogP contribution in [0.4, 0.5) is 0 Å². The number of thiophene rings is 1. The van der Waals surface area contributed by atoms with Crippen molar-refractivity contribution in [1.82, 2.24) is 15.0 Å². The molecular formula is C20H23N3O3S. The lowest BCUT2D eigenvalue weighted by atomic mass is 9.85. The first-order chi connectivity index (χ1) is 12.8. The molecule has 0 aliphatic heterocycles. The van der Waals surface area contributed by atoms with Gasteiger partial charge in [0.15, 0.2) is 5.82 Å². The van der Waals surface area contributed by atoms with Crippen LogP contribution in [0.25, 0.3) is 11.4 Å². The average molecular weight is 385 g/mol. The highest BCUT2D eigenvalue weighted by atomic mass is 32.1. The molecule has 3 rings (SSSR count). The van der Waals surface area contributed by atoms with Crippen molar-refractivity contribution in [3.63, 3.8) is 0 Å². The van der Waals surface area contributed by atoms with E-state index in [0.29, 0.717) is 5.82 Å². The number of rotatable bonds is 5. The van der Waals surface area contributed by atoms with E-state index in [4.69, 9.17) is 4.52 Å². The van der Waals surface area contributed by atoms with E-state index >= 15 is 0 Å². The number of hydrogen-bond acceptors (Lipinski definition) is 5. The van der Waals surface area contributed by atoms with Crippen LogP contribution >= 0.6 is 11.3 Å². The minimum atomic E-state index is -0.646. The summed E-state index contributed by atoms with van der Waals surface area (Å²) in [5, 5.41) is 8.92. The molecule has 7 heteroatoms. The zero-order chi connectivity index (χ0) is 19.6. The van der Waals surface area contributed by atoms with E-state index in [1.54, 1.807) is 11.3 Å². The molecule has 1 N–H and O–H groups in total. The van der Waals surface area contributed by atoms with E-state index in [-0.39, 0.29) is 23.9 Å². The number of aryl methyl sites for hydroxylation is 1. The third-order valence-electron chi connectivity index (χ3n) is 4.37. The van der Waals surface area contributed by atoms with Crippen LogP contribution in [0.1, 0.15) is 37.3 Å². The highest BCUT2D eigenvalue weighted by Gasteiger charge is 2.29. The molecule has 1 aromatic carbocycles. The molecule has 0 fully saturated rings. The van der Waals surface area contributed by atoms with Gasteiger partial charge >= 0.3 is 5.76 Å². The second-order valence-electron chi connectivity index (χ2n) is 7.56. The zero-order valence-electron chi connectivity index (χ0n) is 15.9. The van der Waals surface area contributed by atoms with E-state index in [1.807, 2.05) is 48.7 Å². The first-order valence-electron chi connectivity index (χ1n) is 8.72. The number of aromatic nitrogens is 2. The Balaban J connectivity index is 1.86. The number of amides is 1. The van der Waals surface area contributed by atoms with Crippen molar-refractivity contribution in [2.45, 2.75) is 40.3 Å². The van der Waals surface area contributed by atoms with Crippen molar-refractivity contribution < 1.29 is 9.32 Å². The van der Waals surface area contributed by atoms with Crippen molar-refractivity contribution in [3.05, 3.63) is 62.8 Å². The Morgan fingerprint density at radius 1 is 1.26 bits per heavy atom. The standard InChI is InChI=1S/C20H23N3O3S/c1-13-8-5-6-9-14(13)18-22-26-19(25)23(18)12-16(24)21-17(20(2,3)4)15-10-7-11-27-15/h5-11,17H,12H2,1-4H3,(H,21,24). The van der Waals surface area contributed by atoms with Crippen LogP contribution in [0.15, 0.2) is 51.1 Å². The molecule has 142 valence electrons. The molecule has 1 unspecified atom stereocenters. The van der Waals surface area contributed by atoms with Crippen LogP contribution in [-0.2, 0) is 11.3 Å². The van der Waals surface area contributed by atoms with Crippen molar-refractivity contribution in [2.24, 2.45) is 5.41 Å². The Labute approximate surface area is 161 Å². The first kappa shape index (κ1) is 19.1. The van der Waals surface area contributed by atoms with Crippen LogP contribution in [-0.4, -0.2) is 15.6 Å². The van der Waals surface area contributed by atoms with E-state index in [1.165, 1.54) is 4.57 Å². The summed E-state index contributed by atoms with van der Waals surface area (Å²) in [7, 11) is 0. The second-order valence-corrected chi connectivity index (χ2v) is 8.53. The van der Waals surface area contributed by atoms with Gasteiger partial charge in [-0.05, 0) is 29.3 Å². The van der Waals surface area contributed by atoms with Gasteiger partial charge in [0.1, 0.15) is 6.54 Å². The van der Waals surface area contributed by atoms with Gasteiger partial charge in [0.2, 0.25) is 5.91 Å². The summed E-state index contributed by atoms with van der Waals surface area (Å²) in [4.78, 5) is 26.0. The maximum atomic E-state index is 12.7. The fraction of sp³-hybridized carbons (Fsp3) is 0.350. The van der Waals surface area contributed by atoms with Crippen LogP contribution in [0.3, 0.4) is 0 Å². The largest absolute Gasteiger partial charge is 0.442 e. The molecule has 6 nitrogen and oxygen atoms in total. The molecule has 0 bridgehead atoms. The number of carbonyl (C=O) groups is 1. The van der Waals surface area contributed by atoms with Gasteiger partial charge in [-0.25, -0.2) is 9.36 Å². The molecule has 2 heterocycles. The zero-order valence-corrected chi connectivity index (χ0v) is 16.7. The number of benzene rings is 1. The molecule has 2 aromatic heterocycles. The second kappa shape index (κ2) is 7.52. The van der Waals surface area contributed by atoms with Gasteiger partial charge in [0.05, 0.1) is 6.04 Å². The minimum absolute atomic E-state index is 0.149. The van der Waals surface area contributed by atoms with Crippen LogP contribution in [0.5, 0.6) is 0 Å². The summed E-state index contributed by atoms with van der Waals surface area (Å²) < 4.78 is 6.10. The van der Waals surface area contributed by atoms with Crippen molar-refractivity contribution in [3.8, 4) is 11.4 Å².